The zero-order valence-electron chi connectivity index (χ0n) is 13.3. The number of piperidine rings is 1. The lowest BCUT2D eigenvalue weighted by atomic mass is 10.1. The third-order valence-electron chi connectivity index (χ3n) is 3.69. The Morgan fingerprint density at radius 3 is 2.71 bits per heavy atom. The lowest BCUT2D eigenvalue weighted by molar-refractivity contribution is -0.141. The number of ether oxygens (including phenoxy) is 1. The monoisotopic (exact) mass is 347 g/mol. The quantitative estimate of drug-likeness (QED) is 0.788. The number of anilines is 1. The minimum atomic E-state index is -4.49. The van der Waals surface area contributed by atoms with E-state index < -0.39 is 11.9 Å². The van der Waals surface area contributed by atoms with Crippen molar-refractivity contribution in [3.63, 3.8) is 0 Å². The molecule has 2 amide bonds. The summed E-state index contributed by atoms with van der Waals surface area (Å²) < 4.78 is 42.9. The Hall–Kier alpha value is -2.10. The topological polar surface area (TPSA) is 79.4 Å². The highest BCUT2D eigenvalue weighted by molar-refractivity contribution is 5.74. The summed E-state index contributed by atoms with van der Waals surface area (Å²) in [4.78, 5) is 20.6. The molecule has 10 heteroatoms. The van der Waals surface area contributed by atoms with E-state index in [1.165, 1.54) is 0 Å². The van der Waals surface area contributed by atoms with Gasteiger partial charge in [0, 0.05) is 38.9 Å². The van der Waals surface area contributed by atoms with Crippen LogP contribution in [0.1, 0.15) is 18.5 Å². The number of carbonyl (C=O) groups is 1. The Bertz CT molecular complexity index is 547. The zero-order chi connectivity index (χ0) is 17.6. The van der Waals surface area contributed by atoms with Crippen molar-refractivity contribution in [2.75, 3.05) is 38.3 Å². The molecule has 0 bridgehead atoms. The highest BCUT2D eigenvalue weighted by atomic mass is 19.4. The molecule has 2 rings (SSSR count). The standard InChI is InChI=1S/C14H20F3N5O2/c1-24-7-4-18-13(23)21-10-2-5-22(6-3-10)12-8-11(14(15,16)17)19-9-20-12/h8-10H,2-7H2,1H3,(H2,18,21,23). The summed E-state index contributed by atoms with van der Waals surface area (Å²) in [6.07, 6.45) is -2.31. The smallest absolute Gasteiger partial charge is 0.383 e. The molecule has 1 fully saturated rings. The molecular formula is C14H20F3N5O2. The van der Waals surface area contributed by atoms with E-state index in [1.807, 2.05) is 0 Å². The summed E-state index contributed by atoms with van der Waals surface area (Å²) in [7, 11) is 1.55. The van der Waals surface area contributed by atoms with E-state index in [0.29, 0.717) is 39.1 Å². The molecule has 134 valence electrons. The van der Waals surface area contributed by atoms with E-state index in [0.717, 1.165) is 12.4 Å². The Kier molecular flexibility index (Phi) is 6.18. The van der Waals surface area contributed by atoms with Gasteiger partial charge in [0.1, 0.15) is 17.8 Å². The first kappa shape index (κ1) is 18.2. The molecule has 0 aliphatic carbocycles. The number of hydrogen-bond donors (Lipinski definition) is 2. The van der Waals surface area contributed by atoms with Crippen molar-refractivity contribution >= 4 is 11.8 Å². The van der Waals surface area contributed by atoms with Gasteiger partial charge in [0.25, 0.3) is 0 Å². The summed E-state index contributed by atoms with van der Waals surface area (Å²) in [5.41, 5.74) is -0.953. The van der Waals surface area contributed by atoms with Gasteiger partial charge in [0.2, 0.25) is 0 Å². The molecule has 1 aliphatic heterocycles. The average molecular weight is 347 g/mol. The minimum absolute atomic E-state index is 0.0206. The summed E-state index contributed by atoms with van der Waals surface area (Å²) in [6.45, 7) is 1.87. The largest absolute Gasteiger partial charge is 0.433 e. The maximum atomic E-state index is 12.7. The number of amides is 2. The van der Waals surface area contributed by atoms with Crippen LogP contribution in [0.4, 0.5) is 23.8 Å². The van der Waals surface area contributed by atoms with E-state index in [2.05, 4.69) is 20.6 Å². The predicted octanol–water partition coefficient (Wildman–Crippen LogP) is 1.41. The van der Waals surface area contributed by atoms with Crippen LogP contribution in [-0.4, -0.2) is 55.4 Å². The number of urea groups is 1. The number of rotatable bonds is 5. The lowest BCUT2D eigenvalue weighted by Gasteiger charge is -2.33. The molecular weight excluding hydrogens is 327 g/mol. The minimum Gasteiger partial charge on any atom is -0.383 e. The second-order valence-corrected chi connectivity index (χ2v) is 5.41. The van der Waals surface area contributed by atoms with E-state index in [4.69, 9.17) is 4.74 Å². The van der Waals surface area contributed by atoms with E-state index in [-0.39, 0.29) is 17.9 Å². The number of methoxy groups -OCH3 is 1. The number of carbonyl (C=O) groups excluding carboxylic acids is 1. The summed E-state index contributed by atoms with van der Waals surface area (Å²) in [5.74, 6) is 0.250. The van der Waals surface area contributed by atoms with Crippen molar-refractivity contribution in [2.45, 2.75) is 25.1 Å². The van der Waals surface area contributed by atoms with Crippen LogP contribution in [0.3, 0.4) is 0 Å². The molecule has 0 radical (unpaired) electrons. The maximum Gasteiger partial charge on any atom is 0.433 e. The highest BCUT2D eigenvalue weighted by Crippen LogP contribution is 2.29. The lowest BCUT2D eigenvalue weighted by Crippen LogP contribution is -2.48. The van der Waals surface area contributed by atoms with Gasteiger partial charge >= 0.3 is 12.2 Å². The van der Waals surface area contributed by atoms with Crippen molar-refractivity contribution in [1.29, 1.82) is 0 Å². The van der Waals surface area contributed by atoms with Crippen LogP contribution < -0.4 is 15.5 Å². The molecule has 24 heavy (non-hydrogen) atoms. The van der Waals surface area contributed by atoms with Gasteiger partial charge in [-0.15, -0.1) is 0 Å². The van der Waals surface area contributed by atoms with Crippen LogP contribution >= 0.6 is 0 Å². The fourth-order valence-corrected chi connectivity index (χ4v) is 2.43. The molecule has 1 saturated heterocycles. The number of nitrogens with one attached hydrogen (secondary N) is 2. The highest BCUT2D eigenvalue weighted by Gasteiger charge is 2.33. The van der Waals surface area contributed by atoms with Gasteiger partial charge in [0.15, 0.2) is 0 Å². The molecule has 1 aromatic heterocycles. The van der Waals surface area contributed by atoms with Crippen LogP contribution in [-0.2, 0) is 10.9 Å². The first-order chi connectivity index (χ1) is 11.4. The molecule has 7 nitrogen and oxygen atoms in total. The SMILES string of the molecule is COCCNC(=O)NC1CCN(c2cc(C(F)(F)F)ncn2)CC1. The van der Waals surface area contributed by atoms with Gasteiger partial charge in [-0.2, -0.15) is 13.2 Å². The first-order valence-electron chi connectivity index (χ1n) is 7.57. The molecule has 0 unspecified atom stereocenters. The fourth-order valence-electron chi connectivity index (χ4n) is 2.43. The normalized spacial score (nSPS) is 16.1. The van der Waals surface area contributed by atoms with E-state index >= 15 is 0 Å². The van der Waals surface area contributed by atoms with Crippen molar-refractivity contribution < 1.29 is 22.7 Å². The van der Waals surface area contributed by atoms with Gasteiger partial charge in [-0.25, -0.2) is 14.8 Å². The van der Waals surface area contributed by atoms with Crippen molar-refractivity contribution in [3.05, 3.63) is 18.1 Å². The van der Waals surface area contributed by atoms with Crippen molar-refractivity contribution in [2.24, 2.45) is 0 Å². The molecule has 0 spiro atoms. The Morgan fingerprint density at radius 2 is 2.08 bits per heavy atom. The summed E-state index contributed by atoms with van der Waals surface area (Å²) in [5, 5.41) is 5.50. The summed E-state index contributed by atoms with van der Waals surface area (Å²) >= 11 is 0. The first-order valence-corrected chi connectivity index (χ1v) is 7.57. The number of halogens is 3. The van der Waals surface area contributed by atoms with Gasteiger partial charge in [-0.3, -0.25) is 0 Å². The maximum absolute atomic E-state index is 12.7. The predicted molar refractivity (Wildman–Crippen MR) is 80.7 cm³/mol. The Morgan fingerprint density at radius 1 is 1.38 bits per heavy atom. The molecule has 2 heterocycles. The second-order valence-electron chi connectivity index (χ2n) is 5.41. The van der Waals surface area contributed by atoms with E-state index in [1.54, 1.807) is 12.0 Å². The average Bonchev–Trinajstić information content (AvgIpc) is 2.55. The van der Waals surface area contributed by atoms with Crippen LogP contribution in [0.2, 0.25) is 0 Å². The van der Waals surface area contributed by atoms with Crippen molar-refractivity contribution in [3.8, 4) is 0 Å². The zero-order valence-corrected chi connectivity index (χ0v) is 13.3. The van der Waals surface area contributed by atoms with Gasteiger partial charge in [-0.1, -0.05) is 0 Å². The van der Waals surface area contributed by atoms with Crippen LogP contribution in [0.5, 0.6) is 0 Å². The molecule has 0 aromatic carbocycles. The number of hydrogen-bond acceptors (Lipinski definition) is 5. The molecule has 0 saturated carbocycles. The number of alkyl halides is 3. The van der Waals surface area contributed by atoms with Crippen LogP contribution in [0, 0.1) is 0 Å². The number of aromatic nitrogens is 2. The number of nitrogens with zero attached hydrogens (tertiary/aromatic N) is 3. The second kappa shape index (κ2) is 8.13. The summed E-state index contributed by atoms with van der Waals surface area (Å²) in [6, 6.07) is 0.658. The van der Waals surface area contributed by atoms with E-state index in [9.17, 15) is 18.0 Å². The third-order valence-corrected chi connectivity index (χ3v) is 3.69. The Balaban J connectivity index is 1.83. The molecule has 2 N–H and O–H groups in total. The van der Waals surface area contributed by atoms with Crippen molar-refractivity contribution in [1.82, 2.24) is 20.6 Å². The van der Waals surface area contributed by atoms with Gasteiger partial charge < -0.3 is 20.3 Å². The molecule has 0 atom stereocenters. The fraction of sp³-hybridized carbons (Fsp3) is 0.643. The molecule has 1 aliphatic rings. The Labute approximate surface area is 137 Å². The van der Waals surface area contributed by atoms with Gasteiger partial charge in [0.05, 0.1) is 6.61 Å². The van der Waals surface area contributed by atoms with Crippen LogP contribution in [0.25, 0.3) is 0 Å². The van der Waals surface area contributed by atoms with Gasteiger partial charge in [-0.05, 0) is 12.8 Å². The molecule has 1 aromatic rings. The van der Waals surface area contributed by atoms with Crippen LogP contribution in [0.15, 0.2) is 12.4 Å². The third kappa shape index (κ3) is 5.22.